The molecular weight excluding hydrogens is 379 g/mol. The Hall–Kier alpha value is -1.60. The first kappa shape index (κ1) is 19.7. The maximum absolute atomic E-state index is 12.4. The number of carbonyl (C=O) groups excluding carboxylic acids is 1. The molecule has 3 N–H and O–H groups in total. The highest BCUT2D eigenvalue weighted by Crippen LogP contribution is 2.30. The fraction of sp³-hybridized carbons (Fsp3) is 0.294. The topological polar surface area (TPSA) is 72.9 Å². The van der Waals surface area contributed by atoms with E-state index in [1.807, 2.05) is 48.9 Å². The van der Waals surface area contributed by atoms with Crippen LogP contribution in [0.3, 0.4) is 0 Å². The number of hydrogen-bond donors (Lipinski definition) is 2. The molecule has 3 aromatic rings. The summed E-state index contributed by atoms with van der Waals surface area (Å²) < 4.78 is 1.83. The Morgan fingerprint density at radius 3 is 2.88 bits per heavy atom. The smallest absolute Gasteiger partial charge is 0.261 e. The Labute approximate surface area is 161 Å². The zero-order chi connectivity index (χ0) is 17.3. The summed E-state index contributed by atoms with van der Waals surface area (Å²) in [5.74, 6) is 0.181. The second kappa shape index (κ2) is 8.19. The van der Waals surface area contributed by atoms with Gasteiger partial charge in [0.25, 0.3) is 5.91 Å². The van der Waals surface area contributed by atoms with Crippen molar-refractivity contribution in [1.82, 2.24) is 15.1 Å². The van der Waals surface area contributed by atoms with Crippen LogP contribution in [-0.2, 0) is 0 Å². The molecule has 2 heterocycles. The number of carbonyl (C=O) groups is 1. The van der Waals surface area contributed by atoms with Gasteiger partial charge < -0.3 is 11.1 Å². The van der Waals surface area contributed by atoms with Crippen LogP contribution in [0.1, 0.15) is 22.3 Å². The van der Waals surface area contributed by atoms with E-state index in [2.05, 4.69) is 10.4 Å². The van der Waals surface area contributed by atoms with Gasteiger partial charge in [-0.25, -0.2) is 4.68 Å². The van der Waals surface area contributed by atoms with Crippen LogP contribution in [0.2, 0.25) is 5.02 Å². The van der Waals surface area contributed by atoms with E-state index in [-0.39, 0.29) is 24.2 Å². The number of fused-ring (bicyclic) bond motifs is 1. The monoisotopic (exact) mass is 398 g/mol. The molecule has 134 valence electrons. The van der Waals surface area contributed by atoms with Gasteiger partial charge in [-0.1, -0.05) is 24.6 Å². The third-order valence-corrected chi connectivity index (χ3v) is 5.18. The molecule has 0 aliphatic heterocycles. The number of nitrogens with zero attached hydrogens (tertiary/aromatic N) is 2. The van der Waals surface area contributed by atoms with Crippen LogP contribution >= 0.6 is 35.3 Å². The molecule has 0 aliphatic rings. The predicted octanol–water partition coefficient (Wildman–Crippen LogP) is 3.80. The Bertz CT molecular complexity index is 890. The lowest BCUT2D eigenvalue weighted by Crippen LogP contribution is -2.30. The lowest BCUT2D eigenvalue weighted by Gasteiger charge is -2.08. The number of halogens is 2. The molecule has 0 aliphatic carbocycles. The Morgan fingerprint density at radius 2 is 2.20 bits per heavy atom. The third-order valence-electron chi connectivity index (χ3n) is 3.83. The minimum atomic E-state index is -0.0754. The highest BCUT2D eigenvalue weighted by molar-refractivity contribution is 7.20. The number of rotatable bonds is 5. The van der Waals surface area contributed by atoms with Crippen molar-refractivity contribution in [3.63, 3.8) is 0 Å². The Kier molecular flexibility index (Phi) is 6.46. The van der Waals surface area contributed by atoms with Gasteiger partial charge in [-0.05, 0) is 43.7 Å². The summed E-state index contributed by atoms with van der Waals surface area (Å²) in [6.07, 6.45) is 0. The molecule has 2 aromatic heterocycles. The van der Waals surface area contributed by atoms with Crippen molar-refractivity contribution in [3.05, 3.63) is 45.9 Å². The van der Waals surface area contributed by atoms with Crippen LogP contribution < -0.4 is 11.1 Å². The van der Waals surface area contributed by atoms with Crippen LogP contribution in [0.25, 0.3) is 15.9 Å². The van der Waals surface area contributed by atoms with Crippen molar-refractivity contribution in [1.29, 1.82) is 0 Å². The van der Waals surface area contributed by atoms with E-state index in [0.29, 0.717) is 23.0 Å². The van der Waals surface area contributed by atoms with Gasteiger partial charge in [-0.3, -0.25) is 4.79 Å². The summed E-state index contributed by atoms with van der Waals surface area (Å²) in [7, 11) is 0. The number of hydrogen-bond acceptors (Lipinski definition) is 4. The summed E-state index contributed by atoms with van der Waals surface area (Å²) in [5, 5.41) is 9.13. The Morgan fingerprint density at radius 1 is 1.44 bits per heavy atom. The molecule has 1 atom stereocenters. The molecule has 1 aromatic carbocycles. The van der Waals surface area contributed by atoms with Crippen molar-refractivity contribution >= 4 is 51.5 Å². The van der Waals surface area contributed by atoms with Crippen LogP contribution in [0, 0.1) is 12.8 Å². The number of nitrogens with two attached hydrogens (primary N) is 1. The fourth-order valence-corrected chi connectivity index (χ4v) is 3.66. The summed E-state index contributed by atoms with van der Waals surface area (Å²) in [5.41, 5.74) is 7.35. The second-order valence-corrected chi connectivity index (χ2v) is 7.32. The molecule has 0 radical (unpaired) electrons. The van der Waals surface area contributed by atoms with Crippen molar-refractivity contribution in [2.24, 2.45) is 11.7 Å². The minimum absolute atomic E-state index is 0. The van der Waals surface area contributed by atoms with Crippen LogP contribution in [0.4, 0.5) is 0 Å². The van der Waals surface area contributed by atoms with E-state index >= 15 is 0 Å². The average Bonchev–Trinajstić information content (AvgIpc) is 3.13. The lowest BCUT2D eigenvalue weighted by atomic mass is 10.2. The van der Waals surface area contributed by atoms with E-state index in [9.17, 15) is 4.79 Å². The first-order chi connectivity index (χ1) is 11.5. The van der Waals surface area contributed by atoms with Gasteiger partial charge in [0, 0.05) is 17.0 Å². The fourth-order valence-electron chi connectivity index (χ4n) is 2.38. The van der Waals surface area contributed by atoms with E-state index in [0.717, 1.165) is 21.6 Å². The molecule has 5 nitrogen and oxygen atoms in total. The average molecular weight is 399 g/mol. The van der Waals surface area contributed by atoms with Crippen molar-refractivity contribution < 1.29 is 4.79 Å². The first-order valence-electron chi connectivity index (χ1n) is 7.73. The number of amides is 1. The highest BCUT2D eigenvalue weighted by Gasteiger charge is 2.17. The van der Waals surface area contributed by atoms with Gasteiger partial charge in [-0.2, -0.15) is 5.10 Å². The van der Waals surface area contributed by atoms with E-state index in [1.165, 1.54) is 11.3 Å². The normalized spacial score (nSPS) is 12.0. The molecule has 0 spiro atoms. The van der Waals surface area contributed by atoms with Crippen LogP contribution in [0.5, 0.6) is 0 Å². The molecule has 1 amide bonds. The van der Waals surface area contributed by atoms with Gasteiger partial charge in [0.05, 0.1) is 16.3 Å². The predicted molar refractivity (Wildman–Crippen MR) is 106 cm³/mol. The molecule has 1 unspecified atom stereocenters. The second-order valence-electron chi connectivity index (χ2n) is 5.86. The lowest BCUT2D eigenvalue weighted by molar-refractivity contribution is 0.0952. The van der Waals surface area contributed by atoms with Crippen LogP contribution in [0.15, 0.2) is 30.3 Å². The quantitative estimate of drug-likeness (QED) is 0.686. The number of aryl methyl sites for hydroxylation is 1. The molecule has 8 heteroatoms. The van der Waals surface area contributed by atoms with E-state index in [1.54, 1.807) is 0 Å². The summed E-state index contributed by atoms with van der Waals surface area (Å²) in [6.45, 7) is 5.07. The minimum Gasteiger partial charge on any atom is -0.351 e. The Balaban J connectivity index is 0.00000225. The van der Waals surface area contributed by atoms with Gasteiger partial charge in [-0.15, -0.1) is 23.7 Å². The molecule has 0 fully saturated rings. The molecule has 0 saturated carbocycles. The van der Waals surface area contributed by atoms with E-state index in [4.69, 9.17) is 17.3 Å². The van der Waals surface area contributed by atoms with Crippen molar-refractivity contribution in [2.45, 2.75) is 13.8 Å². The number of thiophene rings is 1. The van der Waals surface area contributed by atoms with Crippen molar-refractivity contribution in [3.8, 4) is 5.69 Å². The maximum atomic E-state index is 12.4. The van der Waals surface area contributed by atoms with Gasteiger partial charge in [0.2, 0.25) is 0 Å². The molecule has 25 heavy (non-hydrogen) atoms. The van der Waals surface area contributed by atoms with Gasteiger partial charge in [0.1, 0.15) is 4.83 Å². The molecule has 0 saturated heterocycles. The zero-order valence-corrected chi connectivity index (χ0v) is 16.3. The first-order valence-corrected chi connectivity index (χ1v) is 8.92. The summed E-state index contributed by atoms with van der Waals surface area (Å²) in [4.78, 5) is 14.0. The third kappa shape index (κ3) is 4.15. The van der Waals surface area contributed by atoms with Crippen LogP contribution in [-0.4, -0.2) is 28.8 Å². The highest BCUT2D eigenvalue weighted by atomic mass is 35.5. The van der Waals surface area contributed by atoms with Crippen molar-refractivity contribution in [2.75, 3.05) is 13.1 Å². The van der Waals surface area contributed by atoms with Gasteiger partial charge >= 0.3 is 0 Å². The summed E-state index contributed by atoms with van der Waals surface area (Å²) >= 11 is 7.51. The van der Waals surface area contributed by atoms with Gasteiger partial charge in [0.15, 0.2) is 0 Å². The largest absolute Gasteiger partial charge is 0.351 e. The molecular formula is C17H20Cl2N4OS. The zero-order valence-electron chi connectivity index (χ0n) is 14.0. The maximum Gasteiger partial charge on any atom is 0.261 e. The number of nitrogens with one attached hydrogen (secondary N) is 1. The molecule has 3 rings (SSSR count). The SMILES string of the molecule is Cc1nn(-c2cccc(Cl)c2)c2sc(C(=O)NCC(C)CN)cc12.Cl. The number of benzene rings is 1. The summed E-state index contributed by atoms with van der Waals surface area (Å²) in [6, 6.07) is 9.41. The standard InChI is InChI=1S/C17H19ClN4OS.ClH/c1-10(8-19)9-20-16(23)15-7-14-11(2)21-22(17(14)24-15)13-5-3-4-12(18)6-13;/h3-7,10H,8-9,19H2,1-2H3,(H,20,23);1H. The molecule has 0 bridgehead atoms. The van der Waals surface area contributed by atoms with E-state index < -0.39 is 0 Å². The number of aromatic nitrogens is 2.